The molecule has 2 aromatic carbocycles. The molecule has 2 aromatic rings. The zero-order chi connectivity index (χ0) is 19.2. The Morgan fingerprint density at radius 3 is 2.42 bits per heavy atom. The molecule has 140 valence electrons. The molecule has 0 atom stereocenters. The van der Waals surface area contributed by atoms with Crippen molar-refractivity contribution < 1.29 is 17.9 Å². The Kier molecular flexibility index (Phi) is 6.76. The van der Waals surface area contributed by atoms with E-state index >= 15 is 0 Å². The molecule has 0 heterocycles. The Labute approximate surface area is 154 Å². The molecule has 26 heavy (non-hydrogen) atoms. The quantitative estimate of drug-likeness (QED) is 0.693. The molecule has 0 saturated heterocycles. The summed E-state index contributed by atoms with van der Waals surface area (Å²) >= 11 is 0. The van der Waals surface area contributed by atoms with Crippen LogP contribution < -0.4 is 10.0 Å². The molecule has 0 fully saturated rings. The highest BCUT2D eigenvalue weighted by Gasteiger charge is 2.17. The molecule has 0 aliphatic carbocycles. The zero-order valence-corrected chi connectivity index (χ0v) is 16.0. The van der Waals surface area contributed by atoms with Crippen LogP contribution in [-0.2, 0) is 26.0 Å². The van der Waals surface area contributed by atoms with Crippen LogP contribution in [0.15, 0.2) is 47.4 Å². The van der Waals surface area contributed by atoms with Gasteiger partial charge in [-0.25, -0.2) is 8.42 Å². The topological polar surface area (TPSA) is 84.5 Å². The van der Waals surface area contributed by atoms with E-state index in [9.17, 15) is 13.2 Å². The van der Waals surface area contributed by atoms with Crippen LogP contribution in [0, 0.1) is 13.8 Å². The summed E-state index contributed by atoms with van der Waals surface area (Å²) < 4.78 is 32.7. The lowest BCUT2D eigenvalue weighted by molar-refractivity contribution is -0.120. The maximum Gasteiger partial charge on any atom is 0.262 e. The minimum absolute atomic E-state index is 0.106. The third-order valence-electron chi connectivity index (χ3n) is 3.83. The first-order valence-electron chi connectivity index (χ1n) is 8.26. The number of hydrogen-bond acceptors (Lipinski definition) is 4. The lowest BCUT2D eigenvalue weighted by Gasteiger charge is -2.12. The van der Waals surface area contributed by atoms with Gasteiger partial charge in [0.15, 0.2) is 0 Å². The maximum absolute atomic E-state index is 12.6. The van der Waals surface area contributed by atoms with Gasteiger partial charge in [-0.1, -0.05) is 24.3 Å². The van der Waals surface area contributed by atoms with E-state index in [2.05, 4.69) is 10.0 Å². The molecule has 0 unspecified atom stereocenters. The Balaban J connectivity index is 2.04. The van der Waals surface area contributed by atoms with Gasteiger partial charge in [0, 0.05) is 19.3 Å². The number of benzene rings is 2. The molecular weight excluding hydrogens is 352 g/mol. The van der Waals surface area contributed by atoms with Crippen LogP contribution in [0.25, 0.3) is 0 Å². The van der Waals surface area contributed by atoms with E-state index < -0.39 is 10.0 Å². The summed E-state index contributed by atoms with van der Waals surface area (Å²) in [5.41, 5.74) is 2.82. The minimum atomic E-state index is -3.66. The van der Waals surface area contributed by atoms with Crippen molar-refractivity contribution in [2.75, 3.05) is 25.0 Å². The summed E-state index contributed by atoms with van der Waals surface area (Å²) in [6, 6.07) is 12.1. The molecule has 1 amide bonds. The van der Waals surface area contributed by atoms with E-state index in [0.29, 0.717) is 24.4 Å². The minimum Gasteiger partial charge on any atom is -0.383 e. The highest BCUT2D eigenvalue weighted by Crippen LogP contribution is 2.21. The second-order valence-corrected chi connectivity index (χ2v) is 7.74. The third-order valence-corrected chi connectivity index (χ3v) is 5.36. The third kappa shape index (κ3) is 5.57. The number of amides is 1. The van der Waals surface area contributed by atoms with Crippen LogP contribution >= 0.6 is 0 Å². The molecule has 2 rings (SSSR count). The van der Waals surface area contributed by atoms with Crippen molar-refractivity contribution >= 4 is 21.6 Å². The first-order chi connectivity index (χ1) is 12.3. The molecule has 0 radical (unpaired) electrons. The summed E-state index contributed by atoms with van der Waals surface area (Å²) in [5, 5.41) is 2.74. The van der Waals surface area contributed by atoms with Crippen molar-refractivity contribution in [2.45, 2.75) is 25.2 Å². The van der Waals surface area contributed by atoms with E-state index in [4.69, 9.17) is 4.74 Å². The van der Waals surface area contributed by atoms with E-state index in [0.717, 1.165) is 11.1 Å². The molecule has 6 nitrogen and oxygen atoms in total. The number of carbonyl (C=O) groups excluding carboxylic acids is 1. The Morgan fingerprint density at radius 1 is 1.08 bits per heavy atom. The summed E-state index contributed by atoms with van der Waals surface area (Å²) in [4.78, 5) is 12.0. The summed E-state index contributed by atoms with van der Waals surface area (Å²) in [7, 11) is -2.09. The monoisotopic (exact) mass is 376 g/mol. The fourth-order valence-electron chi connectivity index (χ4n) is 2.44. The zero-order valence-electron chi connectivity index (χ0n) is 15.2. The molecule has 2 N–H and O–H groups in total. The van der Waals surface area contributed by atoms with Crippen LogP contribution in [0.3, 0.4) is 0 Å². The number of aryl methyl sites for hydroxylation is 2. The van der Waals surface area contributed by atoms with Crippen molar-refractivity contribution in [3.8, 4) is 0 Å². The molecule has 0 saturated carbocycles. The van der Waals surface area contributed by atoms with Gasteiger partial charge in [-0.15, -0.1) is 0 Å². The van der Waals surface area contributed by atoms with Crippen LogP contribution in [0.5, 0.6) is 0 Å². The Hall–Kier alpha value is -2.38. The average molecular weight is 376 g/mol. The fourth-order valence-corrected chi connectivity index (χ4v) is 3.83. The highest BCUT2D eigenvalue weighted by atomic mass is 32.2. The van der Waals surface area contributed by atoms with E-state index in [1.165, 1.54) is 0 Å². The van der Waals surface area contributed by atoms with Crippen molar-refractivity contribution in [1.82, 2.24) is 5.32 Å². The number of rotatable bonds is 8. The lowest BCUT2D eigenvalue weighted by atomic mass is 10.1. The molecule has 0 aromatic heterocycles. The second kappa shape index (κ2) is 8.82. The van der Waals surface area contributed by atoms with Crippen molar-refractivity contribution in [3.05, 3.63) is 59.2 Å². The summed E-state index contributed by atoms with van der Waals surface area (Å²) in [6.07, 6.45) is 0.230. The Morgan fingerprint density at radius 2 is 1.77 bits per heavy atom. The van der Waals surface area contributed by atoms with Gasteiger partial charge in [0.2, 0.25) is 5.91 Å². The van der Waals surface area contributed by atoms with Gasteiger partial charge in [0.25, 0.3) is 10.0 Å². The molecule has 0 aliphatic rings. The number of methoxy groups -OCH3 is 1. The highest BCUT2D eigenvalue weighted by molar-refractivity contribution is 7.92. The van der Waals surface area contributed by atoms with Crippen LogP contribution in [0.1, 0.15) is 16.7 Å². The first kappa shape index (κ1) is 19.9. The number of anilines is 1. The molecule has 7 heteroatoms. The maximum atomic E-state index is 12.6. The largest absolute Gasteiger partial charge is 0.383 e. The van der Waals surface area contributed by atoms with Gasteiger partial charge < -0.3 is 10.1 Å². The van der Waals surface area contributed by atoms with Crippen LogP contribution in [0.2, 0.25) is 0 Å². The number of carbonyl (C=O) groups is 1. The summed E-state index contributed by atoms with van der Waals surface area (Å²) in [5.74, 6) is -0.106. The van der Waals surface area contributed by atoms with E-state index in [-0.39, 0.29) is 17.2 Å². The number of ether oxygens (including phenoxy) is 1. The molecule has 0 spiro atoms. The van der Waals surface area contributed by atoms with Crippen molar-refractivity contribution in [1.29, 1.82) is 0 Å². The SMILES string of the molecule is COCCNC(=O)Cc1ccc(NS(=O)(=O)c2cc(C)ccc2C)cc1. The number of hydrogen-bond donors (Lipinski definition) is 2. The number of nitrogens with one attached hydrogen (secondary N) is 2. The molecule has 0 aliphatic heterocycles. The van der Waals surface area contributed by atoms with Crippen LogP contribution in [0.4, 0.5) is 5.69 Å². The predicted molar refractivity (Wildman–Crippen MR) is 102 cm³/mol. The molecule has 0 bridgehead atoms. The van der Waals surface area contributed by atoms with Gasteiger partial charge in [-0.3, -0.25) is 9.52 Å². The van der Waals surface area contributed by atoms with E-state index in [1.807, 2.05) is 13.0 Å². The van der Waals surface area contributed by atoms with Gasteiger partial charge in [-0.2, -0.15) is 0 Å². The smallest absolute Gasteiger partial charge is 0.262 e. The lowest BCUT2D eigenvalue weighted by Crippen LogP contribution is -2.28. The van der Waals surface area contributed by atoms with Gasteiger partial charge in [-0.05, 0) is 48.7 Å². The average Bonchev–Trinajstić information content (AvgIpc) is 2.59. The second-order valence-electron chi connectivity index (χ2n) is 6.09. The Bertz CT molecular complexity index is 862. The van der Waals surface area contributed by atoms with Gasteiger partial charge in [0.05, 0.1) is 17.9 Å². The van der Waals surface area contributed by atoms with Gasteiger partial charge in [0.1, 0.15) is 0 Å². The predicted octanol–water partition coefficient (Wildman–Crippen LogP) is 2.41. The number of sulfonamides is 1. The summed E-state index contributed by atoms with van der Waals surface area (Å²) in [6.45, 7) is 4.54. The van der Waals surface area contributed by atoms with Crippen molar-refractivity contribution in [3.63, 3.8) is 0 Å². The van der Waals surface area contributed by atoms with E-state index in [1.54, 1.807) is 50.4 Å². The van der Waals surface area contributed by atoms with Crippen LogP contribution in [-0.4, -0.2) is 34.6 Å². The normalized spacial score (nSPS) is 11.2. The van der Waals surface area contributed by atoms with Crippen molar-refractivity contribution in [2.24, 2.45) is 0 Å². The fraction of sp³-hybridized carbons (Fsp3) is 0.316. The van der Waals surface area contributed by atoms with Gasteiger partial charge >= 0.3 is 0 Å². The molecular formula is C19H24N2O4S. The standard InChI is InChI=1S/C19H24N2O4S/c1-14-4-5-15(2)18(12-14)26(23,24)21-17-8-6-16(7-9-17)13-19(22)20-10-11-25-3/h4-9,12,21H,10-11,13H2,1-3H3,(H,20,22). The first-order valence-corrected chi connectivity index (χ1v) is 9.75.